The van der Waals surface area contributed by atoms with Crippen molar-refractivity contribution >= 4 is 5.97 Å². The highest BCUT2D eigenvalue weighted by molar-refractivity contribution is 5.66. The van der Waals surface area contributed by atoms with Gasteiger partial charge in [-0.15, -0.1) is 6.58 Å². The monoisotopic (exact) mass is 379 g/mol. The van der Waals surface area contributed by atoms with Crippen molar-refractivity contribution in [3.63, 3.8) is 0 Å². The SMILES string of the molecule is C=CCCCCCCCCCCCCCCCCCCCC[CH]OC(C)=O. The fraction of sp³-hybridized carbons (Fsp3) is 0.840. The molecule has 0 aromatic rings. The Morgan fingerprint density at radius 2 is 0.889 bits per heavy atom. The van der Waals surface area contributed by atoms with E-state index in [4.69, 9.17) is 4.74 Å². The van der Waals surface area contributed by atoms with Crippen LogP contribution < -0.4 is 0 Å². The maximum absolute atomic E-state index is 10.6. The molecule has 0 atom stereocenters. The molecule has 0 bridgehead atoms. The second-order valence-corrected chi connectivity index (χ2v) is 8.01. The normalized spacial score (nSPS) is 10.9. The van der Waals surface area contributed by atoms with Gasteiger partial charge in [-0.2, -0.15) is 0 Å². The van der Waals surface area contributed by atoms with E-state index >= 15 is 0 Å². The Bertz CT molecular complexity index is 311. The lowest BCUT2D eigenvalue weighted by Gasteiger charge is -2.04. The summed E-state index contributed by atoms with van der Waals surface area (Å²) in [7, 11) is 0. The van der Waals surface area contributed by atoms with Crippen LogP contribution in [0.2, 0.25) is 0 Å². The first kappa shape index (κ1) is 26.2. The highest BCUT2D eigenvalue weighted by Gasteiger charge is 1.96. The summed E-state index contributed by atoms with van der Waals surface area (Å²) in [4.78, 5) is 10.6. The first-order valence-corrected chi connectivity index (χ1v) is 11.9. The van der Waals surface area contributed by atoms with E-state index in [0.29, 0.717) is 0 Å². The number of hydrogen-bond donors (Lipinski definition) is 0. The van der Waals surface area contributed by atoms with Gasteiger partial charge in [0.15, 0.2) is 0 Å². The third-order valence-electron chi connectivity index (χ3n) is 5.23. The molecule has 0 aromatic heterocycles. The van der Waals surface area contributed by atoms with E-state index in [1.807, 2.05) is 6.08 Å². The van der Waals surface area contributed by atoms with Crippen LogP contribution in [0.3, 0.4) is 0 Å². The molecule has 0 amide bonds. The standard InChI is InChI=1S/C25H47O2/c1-3-4-5-6-7-8-9-10-11-12-13-14-15-16-17-18-19-20-21-22-23-24-27-25(2)26/h3,24H,1,4-23H2,2H3. The number of rotatable bonds is 22. The molecule has 1 radical (unpaired) electrons. The summed E-state index contributed by atoms with van der Waals surface area (Å²) in [5.74, 6) is -0.208. The van der Waals surface area contributed by atoms with Crippen molar-refractivity contribution in [2.24, 2.45) is 0 Å². The molecule has 2 nitrogen and oxygen atoms in total. The second kappa shape index (κ2) is 23.2. The van der Waals surface area contributed by atoms with Crippen molar-refractivity contribution in [3.8, 4) is 0 Å². The van der Waals surface area contributed by atoms with Crippen LogP contribution in [0, 0.1) is 6.61 Å². The molecule has 0 aliphatic rings. The van der Waals surface area contributed by atoms with E-state index in [2.05, 4.69) is 6.58 Å². The number of hydrogen-bond acceptors (Lipinski definition) is 2. The summed E-state index contributed by atoms with van der Waals surface area (Å²) in [5, 5.41) is 0. The lowest BCUT2D eigenvalue weighted by Crippen LogP contribution is -1.94. The molecule has 0 saturated carbocycles. The van der Waals surface area contributed by atoms with Crippen molar-refractivity contribution in [2.75, 3.05) is 0 Å². The van der Waals surface area contributed by atoms with Crippen molar-refractivity contribution in [1.82, 2.24) is 0 Å². The molecule has 0 fully saturated rings. The third-order valence-corrected chi connectivity index (χ3v) is 5.23. The average molecular weight is 380 g/mol. The molecule has 0 heterocycles. The summed E-state index contributed by atoms with van der Waals surface area (Å²) in [6, 6.07) is 0. The van der Waals surface area contributed by atoms with Gasteiger partial charge in [0.2, 0.25) is 0 Å². The summed E-state index contributed by atoms with van der Waals surface area (Å²) in [6.07, 6.45) is 29.1. The molecule has 2 heteroatoms. The van der Waals surface area contributed by atoms with E-state index in [0.717, 1.165) is 12.8 Å². The Kier molecular flexibility index (Phi) is 22.6. The predicted octanol–water partition coefficient (Wildman–Crippen LogP) is 8.70. The van der Waals surface area contributed by atoms with Gasteiger partial charge in [-0.25, -0.2) is 0 Å². The molecule has 0 unspecified atom stereocenters. The lowest BCUT2D eigenvalue weighted by atomic mass is 10.0. The van der Waals surface area contributed by atoms with Crippen molar-refractivity contribution in [3.05, 3.63) is 19.3 Å². The van der Waals surface area contributed by atoms with Crippen LogP contribution in [0.1, 0.15) is 135 Å². The van der Waals surface area contributed by atoms with Crippen LogP contribution in [0.15, 0.2) is 12.7 Å². The fourth-order valence-corrected chi connectivity index (χ4v) is 3.52. The summed E-state index contributed by atoms with van der Waals surface area (Å²) in [6.45, 7) is 6.87. The molecule has 159 valence electrons. The van der Waals surface area contributed by atoms with E-state index in [1.165, 1.54) is 122 Å². The van der Waals surface area contributed by atoms with E-state index in [1.54, 1.807) is 6.61 Å². The van der Waals surface area contributed by atoms with Gasteiger partial charge in [-0.05, 0) is 25.7 Å². The van der Waals surface area contributed by atoms with Gasteiger partial charge in [0.25, 0.3) is 0 Å². The first-order valence-electron chi connectivity index (χ1n) is 11.9. The minimum atomic E-state index is -0.208. The van der Waals surface area contributed by atoms with E-state index in [-0.39, 0.29) is 5.97 Å². The molecule has 0 spiro atoms. The number of ether oxygens (including phenoxy) is 1. The predicted molar refractivity (Wildman–Crippen MR) is 119 cm³/mol. The topological polar surface area (TPSA) is 26.3 Å². The molecule has 27 heavy (non-hydrogen) atoms. The van der Waals surface area contributed by atoms with Crippen LogP contribution in [0.25, 0.3) is 0 Å². The highest BCUT2D eigenvalue weighted by atomic mass is 16.5. The van der Waals surface area contributed by atoms with E-state index < -0.39 is 0 Å². The first-order chi connectivity index (χ1) is 13.3. The van der Waals surface area contributed by atoms with Gasteiger partial charge in [-0.3, -0.25) is 4.79 Å². The van der Waals surface area contributed by atoms with Gasteiger partial charge >= 0.3 is 5.97 Å². The Labute approximate surface area is 170 Å². The minimum Gasteiger partial charge on any atom is -0.459 e. The van der Waals surface area contributed by atoms with Crippen LogP contribution in [-0.2, 0) is 9.53 Å². The molecule has 0 aliphatic carbocycles. The quantitative estimate of drug-likeness (QED) is 0.107. The molecule has 0 N–H and O–H groups in total. The Morgan fingerprint density at radius 1 is 0.593 bits per heavy atom. The zero-order valence-electron chi connectivity index (χ0n) is 18.3. The number of carbonyl (C=O) groups excluding carboxylic acids is 1. The average Bonchev–Trinajstić information content (AvgIpc) is 2.65. The van der Waals surface area contributed by atoms with Crippen molar-refractivity contribution in [2.45, 2.75) is 135 Å². The highest BCUT2D eigenvalue weighted by Crippen LogP contribution is 2.15. The van der Waals surface area contributed by atoms with Crippen molar-refractivity contribution in [1.29, 1.82) is 0 Å². The van der Waals surface area contributed by atoms with Crippen LogP contribution in [0.4, 0.5) is 0 Å². The minimum absolute atomic E-state index is 0.208. The molecular formula is C25H47O2. The largest absolute Gasteiger partial charge is 0.459 e. The zero-order valence-corrected chi connectivity index (χ0v) is 18.3. The maximum atomic E-state index is 10.6. The smallest absolute Gasteiger partial charge is 0.303 e. The Hall–Kier alpha value is -0.790. The van der Waals surface area contributed by atoms with Crippen LogP contribution >= 0.6 is 0 Å². The lowest BCUT2D eigenvalue weighted by molar-refractivity contribution is -0.137. The number of allylic oxidation sites excluding steroid dienone is 1. The third kappa shape index (κ3) is 25.2. The summed E-state index contributed by atoms with van der Waals surface area (Å²) < 4.78 is 4.82. The Balaban J connectivity index is 2.99. The van der Waals surface area contributed by atoms with E-state index in [9.17, 15) is 4.79 Å². The fourth-order valence-electron chi connectivity index (χ4n) is 3.52. The molecule has 0 saturated heterocycles. The molecule has 0 aromatic carbocycles. The molecular weight excluding hydrogens is 332 g/mol. The maximum Gasteiger partial charge on any atom is 0.303 e. The van der Waals surface area contributed by atoms with Gasteiger partial charge in [0.1, 0.15) is 6.61 Å². The van der Waals surface area contributed by atoms with Crippen LogP contribution in [-0.4, -0.2) is 5.97 Å². The van der Waals surface area contributed by atoms with Gasteiger partial charge < -0.3 is 4.74 Å². The van der Waals surface area contributed by atoms with Gasteiger partial charge in [0, 0.05) is 6.92 Å². The van der Waals surface area contributed by atoms with Crippen LogP contribution in [0.5, 0.6) is 0 Å². The van der Waals surface area contributed by atoms with Gasteiger partial charge in [-0.1, -0.05) is 109 Å². The number of unbranched alkanes of at least 4 members (excludes halogenated alkanes) is 19. The second-order valence-electron chi connectivity index (χ2n) is 8.01. The summed E-state index contributed by atoms with van der Waals surface area (Å²) in [5.41, 5.74) is 0. The zero-order chi connectivity index (χ0) is 19.8. The number of esters is 1. The molecule has 0 aliphatic heterocycles. The van der Waals surface area contributed by atoms with Crippen molar-refractivity contribution < 1.29 is 9.53 Å². The summed E-state index contributed by atoms with van der Waals surface area (Å²) >= 11 is 0. The van der Waals surface area contributed by atoms with Gasteiger partial charge in [0.05, 0.1) is 0 Å². The molecule has 0 rings (SSSR count). The number of carbonyl (C=O) groups is 1. The Morgan fingerprint density at radius 3 is 1.19 bits per heavy atom.